The van der Waals surface area contributed by atoms with Crippen LogP contribution < -0.4 is 15.4 Å². The number of carbonyl (C=O) groups excluding carboxylic acids is 2. The molecule has 2 N–H and O–H groups in total. The zero-order chi connectivity index (χ0) is 21.8. The van der Waals surface area contributed by atoms with Crippen molar-refractivity contribution in [1.29, 1.82) is 0 Å². The molecule has 0 saturated carbocycles. The third-order valence-electron chi connectivity index (χ3n) is 5.23. The van der Waals surface area contributed by atoms with Crippen LogP contribution in [0, 0.1) is 0 Å². The number of rotatable bonds is 8. The maximum Gasteiger partial charge on any atom is 0.415 e. The molecule has 0 radical (unpaired) electrons. The van der Waals surface area contributed by atoms with Gasteiger partial charge in [0.05, 0.1) is 13.4 Å². The van der Waals surface area contributed by atoms with Gasteiger partial charge in [-0.2, -0.15) is 13.2 Å². The van der Waals surface area contributed by atoms with Crippen molar-refractivity contribution in [3.63, 3.8) is 0 Å². The van der Waals surface area contributed by atoms with Crippen molar-refractivity contribution in [2.75, 3.05) is 7.11 Å². The van der Waals surface area contributed by atoms with E-state index in [-0.39, 0.29) is 24.5 Å². The minimum atomic E-state index is -4.68. The number of ether oxygens (including phenoxy) is 1. The van der Waals surface area contributed by atoms with Crippen LogP contribution in [0.1, 0.15) is 43.0 Å². The number of alkyl halides is 3. The van der Waals surface area contributed by atoms with Gasteiger partial charge in [0.2, 0.25) is 11.8 Å². The van der Waals surface area contributed by atoms with Crippen LogP contribution in [-0.2, 0) is 16.0 Å². The second-order valence-electron chi connectivity index (χ2n) is 7.41. The number of amides is 2. The molecule has 0 spiro atoms. The number of methoxy groups -OCH3 is 1. The minimum absolute atomic E-state index is 0.132. The van der Waals surface area contributed by atoms with Crippen LogP contribution in [0.4, 0.5) is 13.2 Å². The summed E-state index contributed by atoms with van der Waals surface area (Å²) in [7, 11) is 1.56. The first kappa shape index (κ1) is 21.7. The molecule has 30 heavy (non-hydrogen) atoms. The second kappa shape index (κ2) is 8.81. The summed E-state index contributed by atoms with van der Waals surface area (Å²) in [6.45, 7) is 0. The Kier molecular flexibility index (Phi) is 6.38. The average molecular weight is 424 g/mol. The largest absolute Gasteiger partial charge is 0.497 e. The van der Waals surface area contributed by atoms with E-state index in [4.69, 9.17) is 9.15 Å². The molecule has 1 aliphatic rings. The van der Waals surface area contributed by atoms with Gasteiger partial charge in [-0.15, -0.1) is 0 Å². The highest BCUT2D eigenvalue weighted by molar-refractivity contribution is 5.80. The molecule has 0 bridgehead atoms. The molecule has 0 aliphatic carbocycles. The SMILES string of the molecule is COc1ccc(C[C@]2(CCC(=O)N[C@H](c3ccco3)C(F)(F)F)CCC(=O)N2)cc1. The first-order valence-electron chi connectivity index (χ1n) is 9.54. The van der Waals surface area contributed by atoms with Crippen LogP contribution in [0.2, 0.25) is 0 Å². The number of hydrogen-bond acceptors (Lipinski definition) is 4. The van der Waals surface area contributed by atoms with E-state index in [2.05, 4.69) is 5.32 Å². The van der Waals surface area contributed by atoms with Gasteiger partial charge < -0.3 is 19.8 Å². The summed E-state index contributed by atoms with van der Waals surface area (Å²) in [6.07, 6.45) is -2.21. The maximum atomic E-state index is 13.3. The van der Waals surface area contributed by atoms with Crippen LogP contribution in [0.5, 0.6) is 5.75 Å². The van der Waals surface area contributed by atoms with E-state index in [9.17, 15) is 22.8 Å². The van der Waals surface area contributed by atoms with Gasteiger partial charge >= 0.3 is 6.18 Å². The van der Waals surface area contributed by atoms with Gasteiger partial charge in [-0.1, -0.05) is 12.1 Å². The Morgan fingerprint density at radius 1 is 1.30 bits per heavy atom. The van der Waals surface area contributed by atoms with Gasteiger partial charge in [-0.05, 0) is 49.1 Å². The van der Waals surface area contributed by atoms with Gasteiger partial charge in [0.25, 0.3) is 0 Å². The summed E-state index contributed by atoms with van der Waals surface area (Å²) in [5.74, 6) is -0.576. The quantitative estimate of drug-likeness (QED) is 0.678. The number of nitrogens with one attached hydrogen (secondary N) is 2. The van der Waals surface area contributed by atoms with Gasteiger partial charge in [0.1, 0.15) is 11.5 Å². The van der Waals surface area contributed by atoms with Crippen LogP contribution in [0.15, 0.2) is 47.1 Å². The van der Waals surface area contributed by atoms with Crippen molar-refractivity contribution in [1.82, 2.24) is 10.6 Å². The monoisotopic (exact) mass is 424 g/mol. The molecule has 9 heteroatoms. The van der Waals surface area contributed by atoms with E-state index < -0.39 is 23.7 Å². The van der Waals surface area contributed by atoms with Crippen LogP contribution in [0.3, 0.4) is 0 Å². The van der Waals surface area contributed by atoms with E-state index in [0.717, 1.165) is 11.8 Å². The van der Waals surface area contributed by atoms with Crippen LogP contribution in [-0.4, -0.2) is 30.6 Å². The number of hydrogen-bond donors (Lipinski definition) is 2. The first-order chi connectivity index (χ1) is 14.2. The van der Waals surface area contributed by atoms with Gasteiger partial charge in [-0.25, -0.2) is 0 Å². The summed E-state index contributed by atoms with van der Waals surface area (Å²) in [5.41, 5.74) is 0.253. The van der Waals surface area contributed by atoms with Crippen molar-refractivity contribution in [2.24, 2.45) is 0 Å². The molecule has 1 aliphatic heterocycles. The Morgan fingerprint density at radius 3 is 2.57 bits per heavy atom. The standard InChI is InChI=1S/C21H23F3N2O4/c1-29-15-6-4-14(5-7-15)13-20(11-9-18(28)26-20)10-8-17(27)25-19(21(22,23)24)16-3-2-12-30-16/h2-7,12,19H,8-11,13H2,1H3,(H,25,27)(H,26,28)/t19-,20+/m1/s1. The third kappa shape index (κ3) is 5.34. The zero-order valence-corrected chi connectivity index (χ0v) is 16.4. The summed E-state index contributed by atoms with van der Waals surface area (Å²) in [6, 6.07) is 7.60. The molecule has 2 atom stereocenters. The maximum absolute atomic E-state index is 13.3. The van der Waals surface area contributed by atoms with Gasteiger partial charge in [-0.3, -0.25) is 9.59 Å². The Labute approximate surface area is 171 Å². The first-order valence-corrected chi connectivity index (χ1v) is 9.54. The molecule has 3 rings (SSSR count). The molecule has 0 unspecified atom stereocenters. The zero-order valence-electron chi connectivity index (χ0n) is 16.4. The fourth-order valence-electron chi connectivity index (χ4n) is 3.67. The number of furan rings is 1. The normalized spacial score (nSPS) is 19.9. The van der Waals surface area contributed by atoms with E-state index in [1.807, 2.05) is 17.4 Å². The highest BCUT2D eigenvalue weighted by Gasteiger charge is 2.44. The van der Waals surface area contributed by atoms with Gasteiger partial charge in [0, 0.05) is 18.4 Å². The van der Waals surface area contributed by atoms with Crippen molar-refractivity contribution >= 4 is 11.8 Å². The smallest absolute Gasteiger partial charge is 0.415 e. The number of benzene rings is 1. The molecule has 1 aromatic heterocycles. The highest BCUT2D eigenvalue weighted by atomic mass is 19.4. The Bertz CT molecular complexity index is 865. The highest BCUT2D eigenvalue weighted by Crippen LogP contribution is 2.34. The average Bonchev–Trinajstić information content (AvgIpc) is 3.35. The molecule has 1 fully saturated rings. The topological polar surface area (TPSA) is 80.6 Å². The predicted molar refractivity (Wildman–Crippen MR) is 102 cm³/mol. The molecule has 162 valence electrons. The van der Waals surface area contributed by atoms with E-state index >= 15 is 0 Å². The van der Waals surface area contributed by atoms with Crippen LogP contribution >= 0.6 is 0 Å². The lowest BCUT2D eigenvalue weighted by Crippen LogP contribution is -2.45. The van der Waals surface area contributed by atoms with Crippen molar-refractivity contribution in [3.8, 4) is 5.75 Å². The van der Waals surface area contributed by atoms with Crippen molar-refractivity contribution in [2.45, 2.75) is 49.9 Å². The van der Waals surface area contributed by atoms with E-state index in [1.54, 1.807) is 19.2 Å². The lowest BCUT2D eigenvalue weighted by Gasteiger charge is -2.30. The summed E-state index contributed by atoms with van der Waals surface area (Å²) in [5, 5.41) is 4.92. The summed E-state index contributed by atoms with van der Waals surface area (Å²) >= 11 is 0. The second-order valence-corrected chi connectivity index (χ2v) is 7.41. The molecule has 1 saturated heterocycles. The van der Waals surface area contributed by atoms with E-state index in [0.29, 0.717) is 25.0 Å². The number of carbonyl (C=O) groups is 2. The predicted octanol–water partition coefficient (Wildman–Crippen LogP) is 3.68. The summed E-state index contributed by atoms with van der Waals surface area (Å²) in [4.78, 5) is 24.2. The van der Waals surface area contributed by atoms with Crippen molar-refractivity contribution in [3.05, 3.63) is 54.0 Å². The Balaban J connectivity index is 1.66. The molecular formula is C21H23F3N2O4. The molecular weight excluding hydrogens is 401 g/mol. The van der Waals surface area contributed by atoms with E-state index in [1.165, 1.54) is 12.1 Å². The Hall–Kier alpha value is -2.97. The van der Waals surface area contributed by atoms with Gasteiger partial charge in [0.15, 0.2) is 6.04 Å². The molecule has 2 amide bonds. The molecule has 6 nitrogen and oxygen atoms in total. The summed E-state index contributed by atoms with van der Waals surface area (Å²) < 4.78 is 49.9. The molecule has 2 aromatic rings. The van der Waals surface area contributed by atoms with Crippen LogP contribution in [0.25, 0.3) is 0 Å². The lowest BCUT2D eigenvalue weighted by atomic mass is 9.85. The minimum Gasteiger partial charge on any atom is -0.497 e. The third-order valence-corrected chi connectivity index (χ3v) is 5.23. The molecule has 1 aromatic carbocycles. The molecule has 2 heterocycles. The Morgan fingerprint density at radius 2 is 2.03 bits per heavy atom. The number of halogens is 3. The fourth-order valence-corrected chi connectivity index (χ4v) is 3.67. The lowest BCUT2D eigenvalue weighted by molar-refractivity contribution is -0.166. The fraction of sp³-hybridized carbons (Fsp3) is 0.429. The van der Waals surface area contributed by atoms with Crippen molar-refractivity contribution < 1.29 is 31.9 Å².